The van der Waals surface area contributed by atoms with Crippen LogP contribution < -0.4 is 0 Å². The van der Waals surface area contributed by atoms with Gasteiger partial charge in [0.15, 0.2) is 0 Å². The lowest BCUT2D eigenvalue weighted by Gasteiger charge is -2.28. The van der Waals surface area contributed by atoms with Gasteiger partial charge in [0.05, 0.1) is 12.2 Å². The van der Waals surface area contributed by atoms with Gasteiger partial charge in [-0.05, 0) is 13.8 Å². The highest BCUT2D eigenvalue weighted by atomic mass is 127. The summed E-state index contributed by atoms with van der Waals surface area (Å²) in [5.74, 6) is 1.06. The number of nitrogens with zero attached hydrogens (tertiary/aromatic N) is 2. The van der Waals surface area contributed by atoms with Gasteiger partial charge in [-0.15, -0.1) is 0 Å². The van der Waals surface area contributed by atoms with Crippen LogP contribution in [0, 0.1) is 3.90 Å². The van der Waals surface area contributed by atoms with E-state index in [0.717, 1.165) is 34.9 Å². The number of hydrogen-bond acceptors (Lipinski definition) is 3. The second kappa shape index (κ2) is 3.57. The molecule has 0 aromatic carbocycles. The summed E-state index contributed by atoms with van der Waals surface area (Å²) in [6, 6.07) is 0.593. The third-order valence-electron chi connectivity index (χ3n) is 2.46. The second-order valence-corrected chi connectivity index (χ2v) is 4.57. The topological polar surface area (TPSA) is 29.3 Å². The zero-order chi connectivity index (χ0) is 9.42. The van der Waals surface area contributed by atoms with Crippen LogP contribution in [0.25, 0.3) is 0 Å². The molecule has 1 aliphatic heterocycles. The molecule has 0 N–H and O–H groups in total. The predicted molar refractivity (Wildman–Crippen MR) is 58.5 cm³/mol. The van der Waals surface area contributed by atoms with Crippen molar-refractivity contribution in [3.63, 3.8) is 0 Å². The minimum Gasteiger partial charge on any atom is -0.435 e. The second-order valence-electron chi connectivity index (χ2n) is 3.65. The molecule has 0 fully saturated rings. The van der Waals surface area contributed by atoms with Crippen molar-refractivity contribution >= 4 is 22.6 Å². The van der Waals surface area contributed by atoms with Gasteiger partial charge in [0, 0.05) is 41.6 Å². The van der Waals surface area contributed by atoms with E-state index in [9.17, 15) is 0 Å². The summed E-state index contributed by atoms with van der Waals surface area (Å²) in [7, 11) is 0. The van der Waals surface area contributed by atoms with Crippen molar-refractivity contribution in [3.05, 3.63) is 15.4 Å². The van der Waals surface area contributed by atoms with Gasteiger partial charge >= 0.3 is 0 Å². The summed E-state index contributed by atoms with van der Waals surface area (Å²) in [5.41, 5.74) is 1.15. The van der Waals surface area contributed by atoms with E-state index in [-0.39, 0.29) is 0 Å². The predicted octanol–water partition coefficient (Wildman–Crippen LogP) is 2.05. The van der Waals surface area contributed by atoms with Crippen molar-refractivity contribution in [2.45, 2.75) is 32.9 Å². The SMILES string of the molecule is CC(C)N1CCc2nc(I)oc2C1. The van der Waals surface area contributed by atoms with Crippen LogP contribution in [0.4, 0.5) is 0 Å². The minimum absolute atomic E-state index is 0.593. The molecule has 1 aliphatic rings. The van der Waals surface area contributed by atoms with Gasteiger partial charge in [0.25, 0.3) is 3.90 Å². The monoisotopic (exact) mass is 292 g/mol. The quantitative estimate of drug-likeness (QED) is 0.742. The molecule has 2 rings (SSSR count). The highest BCUT2D eigenvalue weighted by Crippen LogP contribution is 2.21. The van der Waals surface area contributed by atoms with E-state index >= 15 is 0 Å². The maximum atomic E-state index is 5.52. The van der Waals surface area contributed by atoms with E-state index in [1.54, 1.807) is 0 Å². The number of fused-ring (bicyclic) bond motifs is 1. The lowest BCUT2D eigenvalue weighted by molar-refractivity contribution is 0.183. The molecule has 0 atom stereocenters. The minimum atomic E-state index is 0.593. The summed E-state index contributed by atoms with van der Waals surface area (Å²) in [6.45, 7) is 6.45. The van der Waals surface area contributed by atoms with Crippen molar-refractivity contribution in [1.29, 1.82) is 0 Å². The molecule has 4 heteroatoms. The van der Waals surface area contributed by atoms with Gasteiger partial charge in [-0.25, -0.2) is 4.98 Å². The van der Waals surface area contributed by atoms with E-state index in [1.165, 1.54) is 0 Å². The van der Waals surface area contributed by atoms with Crippen molar-refractivity contribution in [2.75, 3.05) is 6.54 Å². The molecular weight excluding hydrogens is 279 g/mol. The van der Waals surface area contributed by atoms with Gasteiger partial charge in [-0.1, -0.05) is 0 Å². The third kappa shape index (κ3) is 1.88. The lowest BCUT2D eigenvalue weighted by atomic mass is 10.1. The van der Waals surface area contributed by atoms with Gasteiger partial charge < -0.3 is 4.42 Å². The fraction of sp³-hybridized carbons (Fsp3) is 0.667. The number of oxazole rings is 1. The Bertz CT molecular complexity index is 309. The average molecular weight is 292 g/mol. The Morgan fingerprint density at radius 2 is 2.31 bits per heavy atom. The van der Waals surface area contributed by atoms with Crippen LogP contribution in [0.5, 0.6) is 0 Å². The zero-order valence-electron chi connectivity index (χ0n) is 7.88. The smallest absolute Gasteiger partial charge is 0.257 e. The molecule has 0 spiro atoms. The maximum Gasteiger partial charge on any atom is 0.257 e. The molecule has 0 saturated carbocycles. The number of hydrogen-bond donors (Lipinski definition) is 0. The molecule has 1 aromatic heterocycles. The Labute approximate surface area is 91.7 Å². The zero-order valence-corrected chi connectivity index (χ0v) is 10.0. The van der Waals surface area contributed by atoms with Crippen LogP contribution in [-0.4, -0.2) is 22.5 Å². The fourth-order valence-corrected chi connectivity index (χ4v) is 2.18. The molecule has 3 nitrogen and oxygen atoms in total. The molecule has 0 saturated heterocycles. The Morgan fingerprint density at radius 1 is 1.54 bits per heavy atom. The maximum absolute atomic E-state index is 5.52. The molecule has 0 aliphatic carbocycles. The van der Waals surface area contributed by atoms with Gasteiger partial charge in [0.1, 0.15) is 5.76 Å². The summed E-state index contributed by atoms with van der Waals surface area (Å²) in [5, 5.41) is 0. The van der Waals surface area contributed by atoms with Gasteiger partial charge in [-0.3, -0.25) is 4.90 Å². The molecule has 2 heterocycles. The summed E-state index contributed by atoms with van der Waals surface area (Å²) in [6.07, 6.45) is 1.03. The molecule has 0 unspecified atom stereocenters. The van der Waals surface area contributed by atoms with Crippen LogP contribution in [0.15, 0.2) is 4.42 Å². The van der Waals surface area contributed by atoms with Crippen LogP contribution in [-0.2, 0) is 13.0 Å². The van der Waals surface area contributed by atoms with Gasteiger partial charge in [0.2, 0.25) is 0 Å². The van der Waals surface area contributed by atoms with E-state index in [4.69, 9.17) is 4.42 Å². The van der Waals surface area contributed by atoms with E-state index < -0.39 is 0 Å². The first-order valence-electron chi connectivity index (χ1n) is 4.55. The highest BCUT2D eigenvalue weighted by molar-refractivity contribution is 14.1. The number of rotatable bonds is 1. The lowest BCUT2D eigenvalue weighted by Crippen LogP contribution is -2.35. The molecule has 0 radical (unpaired) electrons. The molecular formula is C9H13IN2O. The molecule has 0 amide bonds. The summed E-state index contributed by atoms with van der Waals surface area (Å²) < 4.78 is 6.29. The first kappa shape index (κ1) is 9.45. The van der Waals surface area contributed by atoms with Crippen molar-refractivity contribution in [1.82, 2.24) is 9.88 Å². The summed E-state index contributed by atoms with van der Waals surface area (Å²) >= 11 is 2.13. The Kier molecular flexibility index (Phi) is 2.60. The standard InChI is InChI=1S/C9H13IN2O/c1-6(2)12-4-3-7-8(5-12)13-9(10)11-7/h6H,3-5H2,1-2H3. The van der Waals surface area contributed by atoms with E-state index in [0.29, 0.717) is 6.04 Å². The Balaban J connectivity index is 2.19. The van der Waals surface area contributed by atoms with Crippen molar-refractivity contribution < 1.29 is 4.42 Å². The van der Waals surface area contributed by atoms with E-state index in [2.05, 4.69) is 46.3 Å². The highest BCUT2D eigenvalue weighted by Gasteiger charge is 2.22. The Morgan fingerprint density at radius 3 is 3.00 bits per heavy atom. The third-order valence-corrected chi connectivity index (χ3v) is 2.93. The number of halogens is 1. The molecule has 72 valence electrons. The normalized spacial score (nSPS) is 17.8. The fourth-order valence-electron chi connectivity index (χ4n) is 1.62. The van der Waals surface area contributed by atoms with Crippen molar-refractivity contribution in [2.24, 2.45) is 0 Å². The largest absolute Gasteiger partial charge is 0.435 e. The van der Waals surface area contributed by atoms with E-state index in [1.807, 2.05) is 0 Å². The molecule has 1 aromatic rings. The van der Waals surface area contributed by atoms with Crippen LogP contribution in [0.2, 0.25) is 0 Å². The van der Waals surface area contributed by atoms with Crippen LogP contribution in [0.1, 0.15) is 25.3 Å². The van der Waals surface area contributed by atoms with Crippen LogP contribution >= 0.6 is 22.6 Å². The Hall–Kier alpha value is -0.100. The first-order valence-corrected chi connectivity index (χ1v) is 5.63. The van der Waals surface area contributed by atoms with Crippen LogP contribution in [0.3, 0.4) is 0 Å². The van der Waals surface area contributed by atoms with Crippen molar-refractivity contribution in [3.8, 4) is 0 Å². The number of aromatic nitrogens is 1. The summed E-state index contributed by atoms with van der Waals surface area (Å²) in [4.78, 5) is 6.74. The molecule has 13 heavy (non-hydrogen) atoms. The van der Waals surface area contributed by atoms with Gasteiger partial charge in [-0.2, -0.15) is 0 Å². The molecule has 0 bridgehead atoms. The first-order chi connectivity index (χ1) is 6.16. The average Bonchev–Trinajstić information content (AvgIpc) is 2.42.